The minimum atomic E-state index is 0.0765. The first kappa shape index (κ1) is 27.7. The first-order chi connectivity index (χ1) is 20.1. The van der Waals surface area contributed by atoms with Gasteiger partial charge in [0.15, 0.2) is 0 Å². The van der Waals surface area contributed by atoms with Crippen molar-refractivity contribution in [3.05, 3.63) is 101 Å². The number of benzene rings is 3. The quantitative estimate of drug-likeness (QED) is 0.198. The normalized spacial score (nSPS) is 19.1. The Morgan fingerprint density at radius 3 is 2.32 bits per heavy atom. The fourth-order valence-corrected chi connectivity index (χ4v) is 6.44. The Morgan fingerprint density at radius 1 is 0.878 bits per heavy atom. The number of piperidine rings is 1. The molecule has 6 rings (SSSR count). The molecule has 0 N–H and O–H groups in total. The van der Waals surface area contributed by atoms with Gasteiger partial charge in [0.2, 0.25) is 5.91 Å². The summed E-state index contributed by atoms with van der Waals surface area (Å²) in [4.78, 5) is 23.8. The highest BCUT2D eigenvalue weighted by molar-refractivity contribution is 5.83. The minimum absolute atomic E-state index is 0.0765. The van der Waals surface area contributed by atoms with E-state index in [0.717, 1.165) is 49.3 Å². The van der Waals surface area contributed by atoms with E-state index in [-0.39, 0.29) is 11.8 Å². The van der Waals surface area contributed by atoms with Crippen molar-refractivity contribution in [2.45, 2.75) is 71.5 Å². The number of hydrogen-bond donors (Lipinski definition) is 0. The fourth-order valence-electron chi connectivity index (χ4n) is 6.44. The van der Waals surface area contributed by atoms with Gasteiger partial charge >= 0.3 is 0 Å². The molecular weight excluding hydrogens is 504 g/mol. The van der Waals surface area contributed by atoms with Gasteiger partial charge in [0, 0.05) is 25.6 Å². The highest BCUT2D eigenvalue weighted by Crippen LogP contribution is 2.48. The number of carbonyl (C=O) groups is 1. The van der Waals surface area contributed by atoms with Crippen LogP contribution < -0.4 is 0 Å². The van der Waals surface area contributed by atoms with Crippen LogP contribution in [0.15, 0.2) is 78.9 Å². The fraction of sp³-hybridized carbons (Fsp3) is 0.444. The van der Waals surface area contributed by atoms with Gasteiger partial charge in [-0.2, -0.15) is 0 Å². The maximum atomic E-state index is 13.9. The van der Waals surface area contributed by atoms with Crippen LogP contribution in [0.5, 0.6) is 0 Å². The van der Waals surface area contributed by atoms with E-state index < -0.39 is 0 Å². The SMILES string of the molecule is CC(C)CCN(Cc1nc2ccccc2n1Cc1ccccc1CN1CCCCC1)C(=O)C1CC1c1ccccc1. The zero-order valence-electron chi connectivity index (χ0n) is 24.7. The molecule has 41 heavy (non-hydrogen) atoms. The second kappa shape index (κ2) is 12.6. The molecule has 5 heteroatoms. The molecule has 0 spiro atoms. The predicted octanol–water partition coefficient (Wildman–Crippen LogP) is 7.25. The Kier molecular flexibility index (Phi) is 8.52. The van der Waals surface area contributed by atoms with Gasteiger partial charge in [-0.05, 0) is 79.4 Å². The topological polar surface area (TPSA) is 41.4 Å². The number of carbonyl (C=O) groups excluding carboxylic acids is 1. The number of nitrogens with zero attached hydrogens (tertiary/aromatic N) is 4. The number of hydrogen-bond acceptors (Lipinski definition) is 3. The van der Waals surface area contributed by atoms with E-state index in [1.54, 1.807) is 0 Å². The van der Waals surface area contributed by atoms with Crippen molar-refractivity contribution in [3.8, 4) is 0 Å². The molecule has 1 aliphatic carbocycles. The van der Waals surface area contributed by atoms with Gasteiger partial charge in [0.25, 0.3) is 0 Å². The lowest BCUT2D eigenvalue weighted by Gasteiger charge is -2.27. The van der Waals surface area contributed by atoms with Crippen molar-refractivity contribution in [2.24, 2.45) is 11.8 Å². The standard InChI is InChI=1S/C36H44N4O/c1-27(2)19-22-39(36(41)32-23-31(32)28-13-5-3-6-14-28)26-35-37-33-17-9-10-18-34(33)40(35)25-30-16-8-7-15-29(30)24-38-20-11-4-12-21-38/h3,5-10,13-18,27,31-32H,4,11-12,19-26H2,1-2H3. The molecule has 1 amide bonds. The Hall–Kier alpha value is -3.44. The highest BCUT2D eigenvalue weighted by atomic mass is 16.2. The molecule has 0 radical (unpaired) electrons. The largest absolute Gasteiger partial charge is 0.335 e. The molecule has 1 aromatic heterocycles. The molecule has 2 aliphatic rings. The van der Waals surface area contributed by atoms with Crippen LogP contribution in [0.2, 0.25) is 0 Å². The summed E-state index contributed by atoms with van der Waals surface area (Å²) in [5.41, 5.74) is 6.16. The van der Waals surface area contributed by atoms with E-state index in [1.165, 1.54) is 49.0 Å². The molecule has 1 aliphatic heterocycles. The minimum Gasteiger partial charge on any atom is -0.335 e. The van der Waals surface area contributed by atoms with Crippen molar-refractivity contribution < 1.29 is 4.79 Å². The van der Waals surface area contributed by atoms with Crippen molar-refractivity contribution in [1.82, 2.24) is 19.4 Å². The van der Waals surface area contributed by atoms with Crippen LogP contribution in [-0.2, 0) is 24.4 Å². The third-order valence-electron chi connectivity index (χ3n) is 8.98. The van der Waals surface area contributed by atoms with Crippen molar-refractivity contribution in [1.29, 1.82) is 0 Å². The number of para-hydroxylation sites is 2. The molecule has 214 valence electrons. The lowest BCUT2D eigenvalue weighted by molar-refractivity contribution is -0.133. The molecule has 2 heterocycles. The van der Waals surface area contributed by atoms with E-state index in [0.29, 0.717) is 18.4 Å². The maximum Gasteiger partial charge on any atom is 0.226 e. The first-order valence-corrected chi connectivity index (χ1v) is 15.6. The number of amides is 1. The van der Waals surface area contributed by atoms with Crippen molar-refractivity contribution >= 4 is 16.9 Å². The number of rotatable bonds is 11. The zero-order chi connectivity index (χ0) is 28.2. The summed E-state index contributed by atoms with van der Waals surface area (Å²) in [7, 11) is 0. The Balaban J connectivity index is 1.27. The maximum absolute atomic E-state index is 13.9. The van der Waals surface area contributed by atoms with Crippen molar-refractivity contribution in [2.75, 3.05) is 19.6 Å². The van der Waals surface area contributed by atoms with Gasteiger partial charge in [-0.1, -0.05) is 87.0 Å². The van der Waals surface area contributed by atoms with Gasteiger partial charge < -0.3 is 9.47 Å². The first-order valence-electron chi connectivity index (χ1n) is 15.6. The molecule has 3 aromatic carbocycles. The third kappa shape index (κ3) is 6.56. The van der Waals surface area contributed by atoms with Crippen LogP contribution in [0.3, 0.4) is 0 Å². The third-order valence-corrected chi connectivity index (χ3v) is 8.98. The molecular formula is C36H44N4O. The summed E-state index contributed by atoms with van der Waals surface area (Å²) in [5, 5.41) is 0. The second-order valence-corrected chi connectivity index (χ2v) is 12.5. The van der Waals surface area contributed by atoms with Crippen LogP contribution in [0.1, 0.15) is 74.4 Å². The number of fused-ring (bicyclic) bond motifs is 1. The Morgan fingerprint density at radius 2 is 1.56 bits per heavy atom. The smallest absolute Gasteiger partial charge is 0.226 e. The van der Waals surface area contributed by atoms with Crippen LogP contribution in [0.25, 0.3) is 11.0 Å². The van der Waals surface area contributed by atoms with Gasteiger partial charge in [0.05, 0.1) is 17.6 Å². The summed E-state index contributed by atoms with van der Waals surface area (Å²) in [6.45, 7) is 9.93. The monoisotopic (exact) mass is 548 g/mol. The average Bonchev–Trinajstić information content (AvgIpc) is 3.73. The highest BCUT2D eigenvalue weighted by Gasteiger charge is 2.45. The number of likely N-dealkylation sites (tertiary alicyclic amines) is 1. The summed E-state index contributed by atoms with van der Waals surface area (Å²) in [6.07, 6.45) is 5.88. The summed E-state index contributed by atoms with van der Waals surface area (Å²) in [6, 6.07) is 27.9. The molecule has 2 fully saturated rings. The number of imidazole rings is 1. The van der Waals surface area contributed by atoms with Gasteiger partial charge in [-0.25, -0.2) is 4.98 Å². The van der Waals surface area contributed by atoms with E-state index in [2.05, 4.69) is 101 Å². The van der Waals surface area contributed by atoms with Crippen LogP contribution in [0, 0.1) is 11.8 Å². The molecule has 2 atom stereocenters. The molecule has 5 nitrogen and oxygen atoms in total. The van der Waals surface area contributed by atoms with Crippen LogP contribution in [-0.4, -0.2) is 44.9 Å². The summed E-state index contributed by atoms with van der Waals surface area (Å²) >= 11 is 0. The molecule has 1 saturated carbocycles. The second-order valence-electron chi connectivity index (χ2n) is 12.5. The van der Waals surface area contributed by atoms with Crippen LogP contribution >= 0.6 is 0 Å². The molecule has 1 saturated heterocycles. The average molecular weight is 549 g/mol. The van der Waals surface area contributed by atoms with E-state index in [4.69, 9.17) is 4.98 Å². The molecule has 0 bridgehead atoms. The van der Waals surface area contributed by atoms with Crippen LogP contribution in [0.4, 0.5) is 0 Å². The summed E-state index contributed by atoms with van der Waals surface area (Å²) in [5.74, 6) is 2.21. The predicted molar refractivity (Wildman–Crippen MR) is 167 cm³/mol. The van der Waals surface area contributed by atoms with Gasteiger partial charge in [-0.15, -0.1) is 0 Å². The van der Waals surface area contributed by atoms with Gasteiger partial charge in [0.1, 0.15) is 5.82 Å². The van der Waals surface area contributed by atoms with E-state index >= 15 is 0 Å². The van der Waals surface area contributed by atoms with Crippen molar-refractivity contribution in [3.63, 3.8) is 0 Å². The zero-order valence-corrected chi connectivity index (χ0v) is 24.7. The number of aromatic nitrogens is 2. The molecule has 4 aromatic rings. The Labute approximate surface area is 245 Å². The lowest BCUT2D eigenvalue weighted by atomic mass is 10.0. The Bertz CT molecular complexity index is 1450. The van der Waals surface area contributed by atoms with E-state index in [9.17, 15) is 4.79 Å². The van der Waals surface area contributed by atoms with E-state index in [1.807, 2.05) is 6.07 Å². The van der Waals surface area contributed by atoms with Gasteiger partial charge in [-0.3, -0.25) is 9.69 Å². The lowest BCUT2D eigenvalue weighted by Crippen LogP contribution is -2.34. The molecule has 2 unspecified atom stereocenters. The summed E-state index contributed by atoms with van der Waals surface area (Å²) < 4.78 is 2.36.